The van der Waals surface area contributed by atoms with Crippen LogP contribution in [0.1, 0.15) is 25.6 Å². The van der Waals surface area contributed by atoms with Crippen LogP contribution in [-0.2, 0) is 0 Å². The molecule has 22 heavy (non-hydrogen) atoms. The van der Waals surface area contributed by atoms with Gasteiger partial charge in [0, 0.05) is 19.7 Å². The van der Waals surface area contributed by atoms with E-state index in [4.69, 9.17) is 23.2 Å². The largest absolute Gasteiger partial charge is 0.360 e. The van der Waals surface area contributed by atoms with E-state index in [-0.39, 0.29) is 0 Å². The highest BCUT2D eigenvalue weighted by Crippen LogP contribution is 2.32. The second kappa shape index (κ2) is 7.65. The van der Waals surface area contributed by atoms with Gasteiger partial charge in [0.15, 0.2) is 0 Å². The zero-order valence-electron chi connectivity index (χ0n) is 13.0. The zero-order chi connectivity index (χ0) is 16.1. The molecule has 1 aromatic carbocycles. The molecule has 0 radical (unpaired) electrons. The third kappa shape index (κ3) is 4.24. The molecular formula is C16H20Cl2N4. The minimum atomic E-state index is 0.560. The molecule has 0 aliphatic heterocycles. The molecule has 0 aliphatic carbocycles. The summed E-state index contributed by atoms with van der Waals surface area (Å²) >= 11 is 12.4. The summed E-state index contributed by atoms with van der Waals surface area (Å²) in [6.07, 6.45) is 2.27. The molecule has 4 nitrogen and oxygen atoms in total. The average Bonchev–Trinajstić information content (AvgIpc) is 2.48. The molecule has 0 amide bonds. The SMILES string of the molecule is CCCCN(C)c1cc(Nc2c(Cl)cccc2Cl)nc(C)n1. The minimum absolute atomic E-state index is 0.560. The number of nitrogens with one attached hydrogen (secondary N) is 1. The molecule has 0 bridgehead atoms. The average molecular weight is 339 g/mol. The van der Waals surface area contributed by atoms with Crippen molar-refractivity contribution in [1.82, 2.24) is 9.97 Å². The molecule has 0 spiro atoms. The Bertz CT molecular complexity index is 626. The van der Waals surface area contributed by atoms with Crippen LogP contribution in [0.4, 0.5) is 17.3 Å². The van der Waals surface area contributed by atoms with Crippen molar-refractivity contribution in [2.24, 2.45) is 0 Å². The Morgan fingerprint density at radius 3 is 2.50 bits per heavy atom. The molecule has 1 heterocycles. The van der Waals surface area contributed by atoms with Crippen LogP contribution in [0.2, 0.25) is 10.0 Å². The number of anilines is 3. The number of rotatable bonds is 6. The fraction of sp³-hybridized carbons (Fsp3) is 0.375. The number of halogens is 2. The molecule has 0 saturated heterocycles. The number of aromatic nitrogens is 2. The molecule has 0 unspecified atom stereocenters. The van der Waals surface area contributed by atoms with E-state index in [0.29, 0.717) is 27.4 Å². The third-order valence-corrected chi connectivity index (χ3v) is 3.91. The summed E-state index contributed by atoms with van der Waals surface area (Å²) in [4.78, 5) is 11.0. The van der Waals surface area contributed by atoms with Crippen LogP contribution in [0.5, 0.6) is 0 Å². The van der Waals surface area contributed by atoms with Gasteiger partial charge in [0.25, 0.3) is 0 Å². The lowest BCUT2D eigenvalue weighted by atomic mass is 10.3. The van der Waals surface area contributed by atoms with Crippen molar-refractivity contribution in [3.63, 3.8) is 0 Å². The molecule has 0 atom stereocenters. The van der Waals surface area contributed by atoms with Gasteiger partial charge in [0.2, 0.25) is 0 Å². The van der Waals surface area contributed by atoms with E-state index in [1.807, 2.05) is 26.1 Å². The van der Waals surface area contributed by atoms with Crippen molar-refractivity contribution in [3.05, 3.63) is 40.1 Å². The summed E-state index contributed by atoms with van der Waals surface area (Å²) in [6, 6.07) is 7.30. The van der Waals surface area contributed by atoms with Crippen LogP contribution in [0, 0.1) is 6.92 Å². The van der Waals surface area contributed by atoms with Gasteiger partial charge in [-0.15, -0.1) is 0 Å². The second-order valence-corrected chi connectivity index (χ2v) is 5.97. The van der Waals surface area contributed by atoms with Crippen LogP contribution in [0.3, 0.4) is 0 Å². The van der Waals surface area contributed by atoms with Crippen molar-refractivity contribution in [1.29, 1.82) is 0 Å². The molecule has 2 aromatic rings. The lowest BCUT2D eigenvalue weighted by Crippen LogP contribution is -2.20. The summed E-state index contributed by atoms with van der Waals surface area (Å²) in [5, 5.41) is 4.31. The molecule has 0 fully saturated rings. The number of para-hydroxylation sites is 1. The predicted molar refractivity (Wildman–Crippen MR) is 94.7 cm³/mol. The third-order valence-electron chi connectivity index (χ3n) is 3.28. The first kappa shape index (κ1) is 16.8. The van der Waals surface area contributed by atoms with E-state index < -0.39 is 0 Å². The molecular weight excluding hydrogens is 319 g/mol. The molecule has 118 valence electrons. The van der Waals surface area contributed by atoms with E-state index >= 15 is 0 Å². The van der Waals surface area contributed by atoms with Gasteiger partial charge in [-0.25, -0.2) is 9.97 Å². The Morgan fingerprint density at radius 1 is 1.18 bits per heavy atom. The highest BCUT2D eigenvalue weighted by Gasteiger charge is 2.10. The first-order chi connectivity index (χ1) is 10.5. The van der Waals surface area contributed by atoms with E-state index in [1.165, 1.54) is 0 Å². The Hall–Kier alpha value is -1.52. The second-order valence-electron chi connectivity index (χ2n) is 5.16. The van der Waals surface area contributed by atoms with Gasteiger partial charge in [-0.1, -0.05) is 42.6 Å². The van der Waals surface area contributed by atoms with Crippen LogP contribution in [-0.4, -0.2) is 23.6 Å². The summed E-state index contributed by atoms with van der Waals surface area (Å²) < 4.78 is 0. The summed E-state index contributed by atoms with van der Waals surface area (Å²) in [7, 11) is 2.03. The summed E-state index contributed by atoms with van der Waals surface area (Å²) in [5.74, 6) is 2.26. The van der Waals surface area contributed by atoms with E-state index in [9.17, 15) is 0 Å². The Kier molecular flexibility index (Phi) is 5.86. The molecule has 1 aromatic heterocycles. The minimum Gasteiger partial charge on any atom is -0.360 e. The monoisotopic (exact) mass is 338 g/mol. The molecule has 2 rings (SSSR count). The maximum Gasteiger partial charge on any atom is 0.136 e. The van der Waals surface area contributed by atoms with Crippen LogP contribution < -0.4 is 10.2 Å². The zero-order valence-corrected chi connectivity index (χ0v) is 14.5. The normalized spacial score (nSPS) is 10.6. The smallest absolute Gasteiger partial charge is 0.136 e. The lowest BCUT2D eigenvalue weighted by molar-refractivity contribution is 0.756. The number of hydrogen-bond donors (Lipinski definition) is 1. The molecule has 0 saturated carbocycles. The first-order valence-corrected chi connectivity index (χ1v) is 8.04. The standard InChI is InChI=1S/C16H20Cl2N4/c1-4-5-9-22(3)15-10-14(19-11(2)20-15)21-16-12(17)7-6-8-13(16)18/h6-8,10H,4-5,9H2,1-3H3,(H,19,20,21). The van der Waals surface area contributed by atoms with Gasteiger partial charge < -0.3 is 10.2 Å². The number of unbranched alkanes of at least 4 members (excludes halogenated alkanes) is 1. The Labute approximate surface area is 141 Å². The van der Waals surface area contributed by atoms with Gasteiger partial charge in [-0.2, -0.15) is 0 Å². The van der Waals surface area contributed by atoms with E-state index in [2.05, 4.69) is 27.1 Å². The van der Waals surface area contributed by atoms with Crippen molar-refractivity contribution in [2.75, 3.05) is 23.8 Å². The number of hydrogen-bond acceptors (Lipinski definition) is 4. The van der Waals surface area contributed by atoms with Crippen molar-refractivity contribution < 1.29 is 0 Å². The highest BCUT2D eigenvalue weighted by molar-refractivity contribution is 6.39. The van der Waals surface area contributed by atoms with Crippen LogP contribution in [0.25, 0.3) is 0 Å². The topological polar surface area (TPSA) is 41.0 Å². The summed E-state index contributed by atoms with van der Waals surface area (Å²) in [5.41, 5.74) is 0.658. The highest BCUT2D eigenvalue weighted by atomic mass is 35.5. The van der Waals surface area contributed by atoms with Crippen molar-refractivity contribution >= 4 is 40.5 Å². The summed E-state index contributed by atoms with van der Waals surface area (Å²) in [6.45, 7) is 5.00. The Balaban J connectivity index is 2.26. The van der Waals surface area contributed by atoms with Gasteiger partial charge in [0.1, 0.15) is 17.5 Å². The molecule has 1 N–H and O–H groups in total. The maximum atomic E-state index is 6.19. The van der Waals surface area contributed by atoms with Crippen LogP contribution in [0.15, 0.2) is 24.3 Å². The maximum absolute atomic E-state index is 6.19. The first-order valence-electron chi connectivity index (χ1n) is 7.29. The van der Waals surface area contributed by atoms with E-state index in [1.54, 1.807) is 12.1 Å². The quantitative estimate of drug-likeness (QED) is 0.798. The molecule has 0 aliphatic rings. The van der Waals surface area contributed by atoms with Gasteiger partial charge in [-0.05, 0) is 25.5 Å². The van der Waals surface area contributed by atoms with Gasteiger partial charge in [0.05, 0.1) is 15.7 Å². The van der Waals surface area contributed by atoms with Crippen molar-refractivity contribution in [2.45, 2.75) is 26.7 Å². The fourth-order valence-corrected chi connectivity index (χ4v) is 2.56. The fourth-order valence-electron chi connectivity index (χ4n) is 2.07. The van der Waals surface area contributed by atoms with Gasteiger partial charge >= 0.3 is 0 Å². The Morgan fingerprint density at radius 2 is 1.86 bits per heavy atom. The number of aryl methyl sites for hydroxylation is 1. The number of benzene rings is 1. The van der Waals surface area contributed by atoms with Gasteiger partial charge in [-0.3, -0.25) is 0 Å². The van der Waals surface area contributed by atoms with Crippen molar-refractivity contribution in [3.8, 4) is 0 Å². The van der Waals surface area contributed by atoms with Crippen LogP contribution >= 0.6 is 23.2 Å². The predicted octanol–water partition coefficient (Wildman–Crippen LogP) is 5.07. The lowest BCUT2D eigenvalue weighted by Gasteiger charge is -2.19. The van der Waals surface area contributed by atoms with E-state index in [0.717, 1.165) is 25.2 Å². The molecule has 6 heteroatoms. The number of nitrogens with zero attached hydrogens (tertiary/aromatic N) is 3.